The van der Waals surface area contributed by atoms with Gasteiger partial charge in [-0.05, 0) is 88.3 Å². The fraction of sp³-hybridized carbons (Fsp3) is 0.375. The second-order valence-corrected chi connectivity index (χ2v) is 12.4. The van der Waals surface area contributed by atoms with Gasteiger partial charge < -0.3 is 15.0 Å². The van der Waals surface area contributed by atoms with E-state index in [4.69, 9.17) is 21.3 Å². The summed E-state index contributed by atoms with van der Waals surface area (Å²) in [6.45, 7) is 5.44. The minimum atomic E-state index is -0.581. The average Bonchev–Trinajstić information content (AvgIpc) is 3.47. The van der Waals surface area contributed by atoms with E-state index in [1.807, 2.05) is 31.7 Å². The fourth-order valence-electron chi connectivity index (χ4n) is 6.21. The first kappa shape index (κ1) is 27.3. The molecule has 3 aromatic rings. The number of ether oxygens (including phenoxy) is 1. The summed E-state index contributed by atoms with van der Waals surface area (Å²) in [6.07, 6.45) is 7.79. The van der Waals surface area contributed by atoms with Crippen LogP contribution in [0.25, 0.3) is 5.57 Å². The van der Waals surface area contributed by atoms with Crippen molar-refractivity contribution in [1.29, 1.82) is 0 Å². The van der Waals surface area contributed by atoms with E-state index in [1.165, 1.54) is 5.56 Å². The highest BCUT2D eigenvalue weighted by molar-refractivity contribution is 6.32. The molecule has 1 aliphatic carbocycles. The number of carbonyl (C=O) groups is 2. The van der Waals surface area contributed by atoms with Gasteiger partial charge in [-0.3, -0.25) is 10.1 Å². The molecule has 41 heavy (non-hydrogen) atoms. The summed E-state index contributed by atoms with van der Waals surface area (Å²) in [6, 6.07) is 15.8. The van der Waals surface area contributed by atoms with Crippen LogP contribution in [-0.2, 0) is 11.2 Å². The molecule has 2 bridgehead atoms. The summed E-state index contributed by atoms with van der Waals surface area (Å²) in [4.78, 5) is 36.9. The van der Waals surface area contributed by atoms with Crippen molar-refractivity contribution in [1.82, 2.24) is 14.9 Å². The highest BCUT2D eigenvalue weighted by Gasteiger charge is 2.43. The van der Waals surface area contributed by atoms with Crippen LogP contribution in [0.2, 0.25) is 5.02 Å². The summed E-state index contributed by atoms with van der Waals surface area (Å²) in [7, 11) is 0. The maximum Gasteiger partial charge on any atom is 0.412 e. The van der Waals surface area contributed by atoms with Gasteiger partial charge in [-0.15, -0.1) is 0 Å². The lowest BCUT2D eigenvalue weighted by atomic mass is 9.96. The number of allylic oxidation sites excluding steroid dienone is 1. The first-order chi connectivity index (χ1) is 19.6. The van der Waals surface area contributed by atoms with E-state index in [0.29, 0.717) is 22.2 Å². The monoisotopic (exact) mass is 571 g/mol. The number of hydrogen-bond donors (Lipinski definition) is 2. The van der Waals surface area contributed by atoms with E-state index in [9.17, 15) is 9.59 Å². The number of anilines is 2. The number of halogens is 1. The average molecular weight is 572 g/mol. The van der Waals surface area contributed by atoms with E-state index < -0.39 is 11.7 Å². The molecule has 212 valence electrons. The lowest BCUT2D eigenvalue weighted by Gasteiger charge is -2.39. The first-order valence-corrected chi connectivity index (χ1v) is 14.5. The Labute approximate surface area is 245 Å². The Kier molecular flexibility index (Phi) is 7.20. The molecule has 8 nitrogen and oxygen atoms in total. The van der Waals surface area contributed by atoms with Gasteiger partial charge in [0.15, 0.2) is 0 Å². The molecule has 1 unspecified atom stereocenters. The Balaban J connectivity index is 1.10. The SMILES string of the molecule is CC(C)(C)OC(=O)Nc1ccc(C(=O)N2[C@@H]3CC[C@H]2CC(Nc2ncc(Cl)c(C4=CCc5ccccc54)n2)C3)cc1. The summed E-state index contributed by atoms with van der Waals surface area (Å²) in [5, 5.41) is 6.79. The van der Waals surface area contributed by atoms with Gasteiger partial charge in [0, 0.05) is 34.9 Å². The normalized spacial score (nSPS) is 21.2. The van der Waals surface area contributed by atoms with Crippen molar-refractivity contribution in [3.8, 4) is 0 Å². The second kappa shape index (κ2) is 10.8. The number of amides is 2. The van der Waals surface area contributed by atoms with Crippen molar-refractivity contribution in [2.45, 2.75) is 76.6 Å². The van der Waals surface area contributed by atoms with E-state index in [-0.39, 0.29) is 24.0 Å². The molecule has 1 aromatic heterocycles. The van der Waals surface area contributed by atoms with Crippen LogP contribution in [0.1, 0.15) is 73.6 Å². The van der Waals surface area contributed by atoms with E-state index >= 15 is 0 Å². The summed E-state index contributed by atoms with van der Waals surface area (Å²) in [5.74, 6) is 0.587. The van der Waals surface area contributed by atoms with Crippen molar-refractivity contribution in [3.63, 3.8) is 0 Å². The quantitative estimate of drug-likeness (QED) is 0.353. The number of hydrogen-bond acceptors (Lipinski definition) is 6. The number of carbonyl (C=O) groups excluding carboxylic acids is 2. The predicted octanol–water partition coefficient (Wildman–Crippen LogP) is 6.71. The van der Waals surface area contributed by atoms with Crippen LogP contribution in [0.15, 0.2) is 60.8 Å². The van der Waals surface area contributed by atoms with Crippen LogP contribution < -0.4 is 10.6 Å². The maximum absolute atomic E-state index is 13.5. The number of aromatic nitrogens is 2. The summed E-state index contributed by atoms with van der Waals surface area (Å²) in [5.41, 5.74) is 4.84. The molecule has 2 N–H and O–H groups in total. The lowest BCUT2D eigenvalue weighted by molar-refractivity contribution is 0.0581. The number of nitrogens with zero attached hydrogens (tertiary/aromatic N) is 3. The minimum absolute atomic E-state index is 0.0247. The van der Waals surface area contributed by atoms with Crippen LogP contribution >= 0.6 is 11.6 Å². The molecule has 2 aliphatic heterocycles. The van der Waals surface area contributed by atoms with E-state index in [2.05, 4.69) is 39.9 Å². The third-order valence-corrected chi connectivity index (χ3v) is 8.19. The Bertz CT molecular complexity index is 1500. The van der Waals surface area contributed by atoms with Crippen molar-refractivity contribution >= 4 is 40.8 Å². The Morgan fingerprint density at radius 1 is 1.02 bits per heavy atom. The molecule has 6 rings (SSSR count). The summed E-state index contributed by atoms with van der Waals surface area (Å²) < 4.78 is 5.31. The zero-order chi connectivity index (χ0) is 28.7. The van der Waals surface area contributed by atoms with Gasteiger partial charge in [-0.1, -0.05) is 41.9 Å². The Morgan fingerprint density at radius 2 is 1.73 bits per heavy atom. The second-order valence-electron chi connectivity index (χ2n) is 12.0. The van der Waals surface area contributed by atoms with Crippen molar-refractivity contribution < 1.29 is 14.3 Å². The molecule has 2 saturated heterocycles. The highest BCUT2D eigenvalue weighted by Crippen LogP contribution is 2.39. The molecule has 9 heteroatoms. The topological polar surface area (TPSA) is 96.5 Å². The zero-order valence-electron chi connectivity index (χ0n) is 23.5. The van der Waals surface area contributed by atoms with Crippen LogP contribution in [0, 0.1) is 0 Å². The molecule has 3 aliphatic rings. The number of fused-ring (bicyclic) bond motifs is 3. The molecule has 0 saturated carbocycles. The zero-order valence-corrected chi connectivity index (χ0v) is 24.2. The largest absolute Gasteiger partial charge is 0.444 e. The molecule has 2 aromatic carbocycles. The van der Waals surface area contributed by atoms with Gasteiger partial charge in [0.05, 0.1) is 16.9 Å². The van der Waals surface area contributed by atoms with Crippen LogP contribution in [0.4, 0.5) is 16.4 Å². The molecule has 2 amide bonds. The molecule has 2 fully saturated rings. The highest BCUT2D eigenvalue weighted by atomic mass is 35.5. The third kappa shape index (κ3) is 5.79. The molecule has 3 heterocycles. The van der Waals surface area contributed by atoms with Crippen molar-refractivity contribution in [2.75, 3.05) is 10.6 Å². The summed E-state index contributed by atoms with van der Waals surface area (Å²) >= 11 is 6.55. The van der Waals surface area contributed by atoms with Crippen LogP contribution in [-0.4, -0.2) is 50.6 Å². The van der Waals surface area contributed by atoms with Gasteiger partial charge in [0.25, 0.3) is 5.91 Å². The van der Waals surface area contributed by atoms with Crippen LogP contribution in [0.5, 0.6) is 0 Å². The Morgan fingerprint density at radius 3 is 2.44 bits per heavy atom. The van der Waals surface area contributed by atoms with Gasteiger partial charge in [0.2, 0.25) is 5.95 Å². The number of piperidine rings is 1. The van der Waals surface area contributed by atoms with Gasteiger partial charge in [-0.2, -0.15) is 0 Å². The van der Waals surface area contributed by atoms with Gasteiger partial charge in [0.1, 0.15) is 5.60 Å². The van der Waals surface area contributed by atoms with E-state index in [0.717, 1.165) is 48.9 Å². The van der Waals surface area contributed by atoms with Crippen molar-refractivity contribution in [2.24, 2.45) is 0 Å². The molecular formula is C32H34ClN5O3. The maximum atomic E-state index is 13.5. The van der Waals surface area contributed by atoms with Gasteiger partial charge >= 0.3 is 6.09 Å². The van der Waals surface area contributed by atoms with Crippen molar-refractivity contribution in [3.05, 3.63) is 88.2 Å². The third-order valence-electron chi connectivity index (χ3n) is 7.91. The molecule has 0 radical (unpaired) electrons. The number of rotatable bonds is 5. The standard InChI is InChI=1S/C32H34ClN5O3/c1-32(2,3)41-31(40)36-21-11-8-20(9-12-21)29(39)38-23-13-14-24(38)17-22(16-23)35-30-34-18-27(33)28(37-30)26-15-10-19-6-4-5-7-25(19)26/h4-9,11-12,15,18,22-24H,10,13-14,16-17H2,1-3H3,(H,36,40)(H,34,35,37)/t22?,23-,24+. The molecule has 0 spiro atoms. The predicted molar refractivity (Wildman–Crippen MR) is 160 cm³/mol. The fourth-order valence-corrected chi connectivity index (χ4v) is 6.40. The minimum Gasteiger partial charge on any atom is -0.444 e. The van der Waals surface area contributed by atoms with E-state index in [1.54, 1.807) is 30.5 Å². The lowest BCUT2D eigenvalue weighted by Crippen LogP contribution is -2.49. The Hall–Kier alpha value is -3.91. The number of nitrogens with one attached hydrogen (secondary N) is 2. The van der Waals surface area contributed by atoms with Crippen LogP contribution in [0.3, 0.4) is 0 Å². The molecular weight excluding hydrogens is 538 g/mol. The smallest absolute Gasteiger partial charge is 0.412 e. The molecule has 3 atom stereocenters. The van der Waals surface area contributed by atoms with Gasteiger partial charge in [-0.25, -0.2) is 14.8 Å². The first-order valence-electron chi connectivity index (χ1n) is 14.2. The number of benzene rings is 2.